The molecule has 1 unspecified atom stereocenters. The van der Waals surface area contributed by atoms with Gasteiger partial charge in [0.2, 0.25) is 5.91 Å². The summed E-state index contributed by atoms with van der Waals surface area (Å²) in [5.41, 5.74) is 1.86. The van der Waals surface area contributed by atoms with Gasteiger partial charge in [-0.1, -0.05) is 19.1 Å². The van der Waals surface area contributed by atoms with Crippen molar-refractivity contribution in [1.82, 2.24) is 15.2 Å². The zero-order chi connectivity index (χ0) is 30.0. The number of likely N-dealkylation sites (tertiary alicyclic amines) is 1. The van der Waals surface area contributed by atoms with Gasteiger partial charge >= 0.3 is 17.9 Å². The summed E-state index contributed by atoms with van der Waals surface area (Å²) in [6.07, 6.45) is 1.65. The van der Waals surface area contributed by atoms with Crippen LogP contribution in [0, 0.1) is 20.8 Å². The molecule has 0 radical (unpaired) electrons. The SMILES string of the molecule is CCC(CN1CCCC1)NC(=O)Cc1sc(C)nc1-c1ccc(C)c(C)c1.O=C(O)CC(O)(CC(=O)O)C(=O)O. The molecular formula is C28H39N3O8S. The zero-order valence-corrected chi connectivity index (χ0v) is 24.2. The van der Waals surface area contributed by atoms with Gasteiger partial charge in [0.05, 0.1) is 30.0 Å². The number of thiazole rings is 1. The Bertz CT molecular complexity index is 1190. The third kappa shape index (κ3) is 10.00. The van der Waals surface area contributed by atoms with Gasteiger partial charge in [0.15, 0.2) is 5.60 Å². The Labute approximate surface area is 237 Å². The average molecular weight is 578 g/mol. The minimum atomic E-state index is -2.74. The average Bonchev–Trinajstić information content (AvgIpc) is 3.49. The summed E-state index contributed by atoms with van der Waals surface area (Å²) in [6.45, 7) is 11.7. The van der Waals surface area contributed by atoms with E-state index in [1.807, 2.05) is 6.92 Å². The molecule has 1 fully saturated rings. The summed E-state index contributed by atoms with van der Waals surface area (Å²) in [5.74, 6) is -4.91. The fourth-order valence-electron chi connectivity index (χ4n) is 4.40. The summed E-state index contributed by atoms with van der Waals surface area (Å²) in [4.78, 5) is 51.4. The Hall–Kier alpha value is -3.35. The molecule has 2 aromatic rings. The number of amides is 1. The van der Waals surface area contributed by atoms with Crippen LogP contribution in [0.2, 0.25) is 0 Å². The number of aliphatic carboxylic acids is 3. The van der Waals surface area contributed by atoms with Crippen LogP contribution in [0.25, 0.3) is 11.3 Å². The second-order valence-corrected chi connectivity index (χ2v) is 11.4. The molecule has 12 heteroatoms. The molecule has 1 aliphatic rings. The van der Waals surface area contributed by atoms with Crippen molar-refractivity contribution in [2.75, 3.05) is 19.6 Å². The van der Waals surface area contributed by atoms with Crippen molar-refractivity contribution in [2.45, 2.75) is 77.9 Å². The molecule has 1 aromatic heterocycles. The predicted octanol–water partition coefficient (Wildman–Crippen LogP) is 3.02. The van der Waals surface area contributed by atoms with E-state index in [9.17, 15) is 19.2 Å². The van der Waals surface area contributed by atoms with Gasteiger partial charge in [0.25, 0.3) is 0 Å². The minimum absolute atomic E-state index is 0.106. The number of carboxylic acids is 3. The molecule has 220 valence electrons. The zero-order valence-electron chi connectivity index (χ0n) is 23.4. The Kier molecular flexibility index (Phi) is 12.2. The topological polar surface area (TPSA) is 177 Å². The molecule has 3 rings (SSSR count). The quantitative estimate of drug-likeness (QED) is 0.252. The van der Waals surface area contributed by atoms with Gasteiger partial charge in [-0.05, 0) is 70.3 Å². The van der Waals surface area contributed by atoms with Crippen molar-refractivity contribution in [3.05, 3.63) is 39.2 Å². The molecule has 11 nitrogen and oxygen atoms in total. The number of hydrogen-bond acceptors (Lipinski definition) is 8. The maximum absolute atomic E-state index is 12.7. The van der Waals surface area contributed by atoms with Crippen LogP contribution in [0.1, 0.15) is 60.0 Å². The Morgan fingerprint density at radius 1 is 1.02 bits per heavy atom. The fourth-order valence-corrected chi connectivity index (χ4v) is 5.35. The van der Waals surface area contributed by atoms with E-state index in [1.165, 1.54) is 24.0 Å². The Morgan fingerprint density at radius 3 is 2.12 bits per heavy atom. The van der Waals surface area contributed by atoms with Crippen molar-refractivity contribution >= 4 is 35.2 Å². The molecule has 0 saturated carbocycles. The van der Waals surface area contributed by atoms with E-state index in [2.05, 4.69) is 49.2 Å². The highest BCUT2D eigenvalue weighted by Gasteiger charge is 2.40. The molecule has 1 atom stereocenters. The molecule has 1 aliphatic heterocycles. The van der Waals surface area contributed by atoms with Crippen molar-refractivity contribution in [3.63, 3.8) is 0 Å². The molecule has 1 aromatic carbocycles. The molecule has 40 heavy (non-hydrogen) atoms. The highest BCUT2D eigenvalue weighted by Crippen LogP contribution is 2.30. The lowest BCUT2D eigenvalue weighted by molar-refractivity contribution is -0.170. The van der Waals surface area contributed by atoms with Crippen LogP contribution in [-0.4, -0.2) is 85.4 Å². The first kappa shape index (κ1) is 32.9. The lowest BCUT2D eigenvalue weighted by Gasteiger charge is -2.23. The molecule has 2 heterocycles. The van der Waals surface area contributed by atoms with Gasteiger partial charge in [-0.15, -0.1) is 11.3 Å². The third-order valence-electron chi connectivity index (χ3n) is 6.73. The van der Waals surface area contributed by atoms with E-state index >= 15 is 0 Å². The van der Waals surface area contributed by atoms with E-state index in [-0.39, 0.29) is 11.9 Å². The summed E-state index contributed by atoms with van der Waals surface area (Å²) < 4.78 is 0. The number of hydrogen-bond donors (Lipinski definition) is 5. The monoisotopic (exact) mass is 577 g/mol. The number of aliphatic hydroxyl groups is 1. The van der Waals surface area contributed by atoms with Gasteiger partial charge in [0, 0.05) is 23.0 Å². The number of aromatic nitrogens is 1. The first-order valence-corrected chi connectivity index (χ1v) is 14.0. The highest BCUT2D eigenvalue weighted by atomic mass is 32.1. The van der Waals surface area contributed by atoms with Crippen molar-refractivity contribution in [1.29, 1.82) is 0 Å². The molecule has 0 aliphatic carbocycles. The van der Waals surface area contributed by atoms with Gasteiger partial charge < -0.3 is 30.6 Å². The number of carbonyl (C=O) groups is 4. The number of nitrogens with one attached hydrogen (secondary N) is 1. The largest absolute Gasteiger partial charge is 0.481 e. The van der Waals surface area contributed by atoms with Crippen LogP contribution in [0.3, 0.4) is 0 Å². The number of nitrogens with zero attached hydrogens (tertiary/aromatic N) is 2. The standard InChI is InChI=1S/C22H31N3OS.C6H8O7/c1-5-19(14-25-10-6-7-11-25)24-21(26)13-20-22(23-17(4)27-20)18-9-8-15(2)16(3)12-18;7-3(8)1-6(13,5(11)12)2-4(9)10/h8-9,12,19H,5-7,10-11,13-14H2,1-4H3,(H,24,26);13H,1-2H2,(H,7,8)(H,9,10)(H,11,12). The number of benzene rings is 1. The highest BCUT2D eigenvalue weighted by molar-refractivity contribution is 7.12. The minimum Gasteiger partial charge on any atom is -0.481 e. The molecule has 1 saturated heterocycles. The van der Waals surface area contributed by atoms with Gasteiger partial charge in [0.1, 0.15) is 0 Å². The Balaban J connectivity index is 0.000000366. The molecule has 0 spiro atoms. The van der Waals surface area contributed by atoms with Crippen LogP contribution >= 0.6 is 11.3 Å². The number of carboxylic acid groups (broad SMARTS) is 3. The van der Waals surface area contributed by atoms with E-state index < -0.39 is 36.4 Å². The lowest BCUT2D eigenvalue weighted by Crippen LogP contribution is -2.43. The van der Waals surface area contributed by atoms with E-state index in [0.717, 1.165) is 47.2 Å². The Morgan fingerprint density at radius 2 is 1.62 bits per heavy atom. The van der Waals surface area contributed by atoms with Crippen LogP contribution in [0.4, 0.5) is 0 Å². The number of carbonyl (C=O) groups excluding carboxylic acids is 1. The van der Waals surface area contributed by atoms with Crippen LogP contribution < -0.4 is 5.32 Å². The molecule has 5 N–H and O–H groups in total. The molecular weight excluding hydrogens is 538 g/mol. The second kappa shape index (κ2) is 14.9. The smallest absolute Gasteiger partial charge is 0.336 e. The lowest BCUT2D eigenvalue weighted by atomic mass is 9.96. The van der Waals surface area contributed by atoms with Crippen molar-refractivity contribution < 1.29 is 39.6 Å². The van der Waals surface area contributed by atoms with Crippen LogP contribution in [-0.2, 0) is 25.6 Å². The van der Waals surface area contributed by atoms with Crippen LogP contribution in [0.15, 0.2) is 18.2 Å². The van der Waals surface area contributed by atoms with Crippen molar-refractivity contribution in [2.24, 2.45) is 0 Å². The van der Waals surface area contributed by atoms with Gasteiger partial charge in [-0.2, -0.15) is 0 Å². The van der Waals surface area contributed by atoms with Gasteiger partial charge in [-0.25, -0.2) is 9.78 Å². The third-order valence-corrected chi connectivity index (χ3v) is 7.70. The predicted molar refractivity (Wildman–Crippen MR) is 150 cm³/mol. The fraction of sp³-hybridized carbons (Fsp3) is 0.536. The first-order chi connectivity index (χ1) is 18.7. The first-order valence-electron chi connectivity index (χ1n) is 13.2. The second-order valence-electron chi connectivity index (χ2n) is 10.1. The summed E-state index contributed by atoms with van der Waals surface area (Å²) in [6, 6.07) is 6.65. The molecule has 1 amide bonds. The van der Waals surface area contributed by atoms with Crippen LogP contribution in [0.5, 0.6) is 0 Å². The maximum atomic E-state index is 12.7. The van der Waals surface area contributed by atoms with E-state index in [1.54, 1.807) is 11.3 Å². The normalized spacial score (nSPS) is 14.2. The maximum Gasteiger partial charge on any atom is 0.336 e. The summed E-state index contributed by atoms with van der Waals surface area (Å²) >= 11 is 1.63. The number of aryl methyl sites for hydroxylation is 3. The van der Waals surface area contributed by atoms with Gasteiger partial charge in [-0.3, -0.25) is 14.4 Å². The summed E-state index contributed by atoms with van der Waals surface area (Å²) in [5, 5.41) is 38.1. The number of rotatable bonds is 12. The summed E-state index contributed by atoms with van der Waals surface area (Å²) in [7, 11) is 0. The van der Waals surface area contributed by atoms with E-state index in [4.69, 9.17) is 25.4 Å². The van der Waals surface area contributed by atoms with E-state index in [0.29, 0.717) is 6.42 Å². The molecule has 0 bridgehead atoms. The van der Waals surface area contributed by atoms with Crippen molar-refractivity contribution in [3.8, 4) is 11.3 Å².